The van der Waals surface area contributed by atoms with E-state index < -0.39 is 4.84 Å². The van der Waals surface area contributed by atoms with Crippen molar-refractivity contribution in [3.63, 3.8) is 0 Å². The van der Waals surface area contributed by atoms with Crippen LogP contribution in [0.25, 0.3) is 0 Å². The van der Waals surface area contributed by atoms with E-state index >= 15 is 0 Å². The summed E-state index contributed by atoms with van der Waals surface area (Å²) in [6, 6.07) is 5.37. The van der Waals surface area contributed by atoms with Gasteiger partial charge in [0.15, 0.2) is 0 Å². The quantitative estimate of drug-likeness (QED) is 0.384. The van der Waals surface area contributed by atoms with Gasteiger partial charge in [-0.3, -0.25) is 4.79 Å². The molecule has 0 aliphatic carbocycles. The first-order valence-corrected chi connectivity index (χ1v) is 7.61. The summed E-state index contributed by atoms with van der Waals surface area (Å²) in [5.41, 5.74) is 0.684. The first-order valence-electron chi connectivity index (χ1n) is 6.74. The number of hydrogen-bond donors (Lipinski definition) is 0. The standard InChI is InChI=1S/C15H20Cl2O4/c1-19-13-8-7-11(10-12(13)15(16)17)21-9-5-3-4-6-14(18)20-2/h7-8,10,15H,3-6,9H2,1-2H3. The second kappa shape index (κ2) is 9.74. The van der Waals surface area contributed by atoms with Gasteiger partial charge in [-0.05, 0) is 37.5 Å². The SMILES string of the molecule is COC(=O)CCCCCOc1ccc(OC)c(C(Cl)Cl)c1. The lowest BCUT2D eigenvalue weighted by Gasteiger charge is -2.12. The Bertz CT molecular complexity index is 449. The van der Waals surface area contributed by atoms with E-state index in [1.165, 1.54) is 7.11 Å². The fourth-order valence-corrected chi connectivity index (χ4v) is 2.15. The molecule has 0 unspecified atom stereocenters. The lowest BCUT2D eigenvalue weighted by molar-refractivity contribution is -0.140. The number of halogens is 2. The summed E-state index contributed by atoms with van der Waals surface area (Å²) in [6.07, 6.45) is 3.02. The van der Waals surface area contributed by atoms with Crippen molar-refractivity contribution in [1.29, 1.82) is 0 Å². The highest BCUT2D eigenvalue weighted by molar-refractivity contribution is 6.44. The Labute approximate surface area is 135 Å². The highest BCUT2D eigenvalue weighted by atomic mass is 35.5. The molecule has 0 fully saturated rings. The number of rotatable bonds is 9. The average Bonchev–Trinajstić information content (AvgIpc) is 2.50. The Morgan fingerprint density at radius 3 is 2.57 bits per heavy atom. The molecule has 0 radical (unpaired) electrons. The number of esters is 1. The van der Waals surface area contributed by atoms with Crippen molar-refractivity contribution in [1.82, 2.24) is 0 Å². The molecule has 0 saturated carbocycles. The Morgan fingerprint density at radius 2 is 1.95 bits per heavy atom. The Balaban J connectivity index is 2.35. The van der Waals surface area contributed by atoms with Crippen LogP contribution in [0.2, 0.25) is 0 Å². The van der Waals surface area contributed by atoms with E-state index in [9.17, 15) is 4.79 Å². The number of ether oxygens (including phenoxy) is 3. The van der Waals surface area contributed by atoms with Gasteiger partial charge in [0.1, 0.15) is 16.3 Å². The molecule has 21 heavy (non-hydrogen) atoms. The zero-order chi connectivity index (χ0) is 15.7. The minimum absolute atomic E-state index is 0.175. The van der Waals surface area contributed by atoms with Gasteiger partial charge in [0.2, 0.25) is 0 Å². The summed E-state index contributed by atoms with van der Waals surface area (Å²) >= 11 is 11.8. The summed E-state index contributed by atoms with van der Waals surface area (Å²) < 4.78 is 15.4. The van der Waals surface area contributed by atoms with E-state index in [2.05, 4.69) is 4.74 Å². The predicted molar refractivity (Wildman–Crippen MR) is 83.4 cm³/mol. The molecule has 1 rings (SSSR count). The Kier molecular flexibility index (Phi) is 8.31. The van der Waals surface area contributed by atoms with Crippen molar-refractivity contribution in [3.8, 4) is 11.5 Å². The number of carbonyl (C=O) groups excluding carboxylic acids is 1. The molecular weight excluding hydrogens is 315 g/mol. The lowest BCUT2D eigenvalue weighted by atomic mass is 10.2. The summed E-state index contributed by atoms with van der Waals surface area (Å²) in [6.45, 7) is 0.572. The van der Waals surface area contributed by atoms with Crippen LogP contribution in [0.5, 0.6) is 11.5 Å². The summed E-state index contributed by atoms with van der Waals surface area (Å²) in [4.78, 5) is 10.3. The van der Waals surface area contributed by atoms with Gasteiger partial charge in [0.05, 0.1) is 20.8 Å². The molecule has 0 aliphatic heterocycles. The molecule has 0 spiro atoms. The zero-order valence-electron chi connectivity index (χ0n) is 12.2. The van der Waals surface area contributed by atoms with Gasteiger partial charge in [0.25, 0.3) is 0 Å². The molecule has 1 aromatic rings. The number of unbranched alkanes of at least 4 members (excludes halogenated alkanes) is 2. The summed E-state index contributed by atoms with van der Waals surface area (Å²) in [7, 11) is 2.96. The third-order valence-electron chi connectivity index (χ3n) is 2.96. The van der Waals surface area contributed by atoms with E-state index in [1.54, 1.807) is 19.2 Å². The topological polar surface area (TPSA) is 44.8 Å². The first-order chi connectivity index (χ1) is 10.1. The van der Waals surface area contributed by atoms with Crippen LogP contribution in [-0.4, -0.2) is 26.8 Å². The molecule has 0 bridgehead atoms. The second-order valence-electron chi connectivity index (χ2n) is 4.44. The summed E-state index contributed by atoms with van der Waals surface area (Å²) in [5.74, 6) is 1.16. The van der Waals surface area contributed by atoms with Crippen LogP contribution in [0.15, 0.2) is 18.2 Å². The van der Waals surface area contributed by atoms with Crippen LogP contribution >= 0.6 is 23.2 Å². The third kappa shape index (κ3) is 6.44. The number of methoxy groups -OCH3 is 2. The van der Waals surface area contributed by atoms with Gasteiger partial charge < -0.3 is 14.2 Å². The largest absolute Gasteiger partial charge is 0.496 e. The van der Waals surface area contributed by atoms with E-state index in [0.717, 1.165) is 19.3 Å². The molecule has 1 aromatic carbocycles. The van der Waals surface area contributed by atoms with Crippen LogP contribution in [0, 0.1) is 0 Å². The highest BCUT2D eigenvalue weighted by Crippen LogP contribution is 2.35. The van der Waals surface area contributed by atoms with Crippen LogP contribution in [0.4, 0.5) is 0 Å². The molecule has 4 nitrogen and oxygen atoms in total. The molecule has 0 amide bonds. The highest BCUT2D eigenvalue weighted by Gasteiger charge is 2.12. The normalized spacial score (nSPS) is 10.5. The van der Waals surface area contributed by atoms with E-state index in [1.807, 2.05) is 6.07 Å². The number of alkyl halides is 2. The smallest absolute Gasteiger partial charge is 0.305 e. The molecule has 0 heterocycles. The van der Waals surface area contributed by atoms with Crippen molar-refractivity contribution < 1.29 is 19.0 Å². The van der Waals surface area contributed by atoms with Crippen LogP contribution in [0.3, 0.4) is 0 Å². The first kappa shape index (κ1) is 17.9. The maximum atomic E-state index is 10.9. The molecule has 0 aromatic heterocycles. The fraction of sp³-hybridized carbons (Fsp3) is 0.533. The third-order valence-corrected chi connectivity index (χ3v) is 3.43. The van der Waals surface area contributed by atoms with Crippen molar-refractivity contribution in [2.75, 3.05) is 20.8 Å². The van der Waals surface area contributed by atoms with Crippen LogP contribution < -0.4 is 9.47 Å². The van der Waals surface area contributed by atoms with Gasteiger partial charge >= 0.3 is 5.97 Å². The number of benzene rings is 1. The number of carbonyl (C=O) groups is 1. The van der Waals surface area contributed by atoms with Gasteiger partial charge in [-0.1, -0.05) is 23.2 Å². The molecular formula is C15H20Cl2O4. The molecule has 118 valence electrons. The predicted octanol–water partition coefficient (Wildman–Crippen LogP) is 4.28. The van der Waals surface area contributed by atoms with Crippen molar-refractivity contribution in [2.45, 2.75) is 30.5 Å². The molecule has 0 aliphatic rings. The number of hydrogen-bond acceptors (Lipinski definition) is 4. The average molecular weight is 335 g/mol. The second-order valence-corrected chi connectivity index (χ2v) is 5.54. The maximum absolute atomic E-state index is 10.9. The maximum Gasteiger partial charge on any atom is 0.305 e. The molecule has 6 heteroatoms. The minimum Gasteiger partial charge on any atom is -0.496 e. The fourth-order valence-electron chi connectivity index (χ4n) is 1.81. The monoisotopic (exact) mass is 334 g/mol. The van der Waals surface area contributed by atoms with Crippen LogP contribution in [-0.2, 0) is 9.53 Å². The van der Waals surface area contributed by atoms with E-state index in [0.29, 0.717) is 30.1 Å². The van der Waals surface area contributed by atoms with Crippen LogP contribution in [0.1, 0.15) is 36.1 Å². The summed E-state index contributed by atoms with van der Waals surface area (Å²) in [5, 5.41) is 0. The lowest BCUT2D eigenvalue weighted by Crippen LogP contribution is -2.01. The van der Waals surface area contributed by atoms with Crippen molar-refractivity contribution in [3.05, 3.63) is 23.8 Å². The van der Waals surface area contributed by atoms with Gasteiger partial charge in [-0.15, -0.1) is 0 Å². The Hall–Kier alpha value is -1.13. The van der Waals surface area contributed by atoms with Crippen molar-refractivity contribution >= 4 is 29.2 Å². The van der Waals surface area contributed by atoms with Gasteiger partial charge in [0, 0.05) is 12.0 Å². The van der Waals surface area contributed by atoms with E-state index in [-0.39, 0.29) is 5.97 Å². The Morgan fingerprint density at radius 1 is 1.19 bits per heavy atom. The minimum atomic E-state index is -0.663. The van der Waals surface area contributed by atoms with Gasteiger partial charge in [-0.25, -0.2) is 0 Å². The molecule has 0 N–H and O–H groups in total. The zero-order valence-corrected chi connectivity index (χ0v) is 13.7. The van der Waals surface area contributed by atoms with Gasteiger partial charge in [-0.2, -0.15) is 0 Å². The van der Waals surface area contributed by atoms with Crippen molar-refractivity contribution in [2.24, 2.45) is 0 Å². The molecule has 0 atom stereocenters. The molecule has 0 saturated heterocycles. The van der Waals surface area contributed by atoms with E-state index in [4.69, 9.17) is 32.7 Å².